The van der Waals surface area contributed by atoms with Crippen molar-refractivity contribution in [1.82, 2.24) is 0 Å². The van der Waals surface area contributed by atoms with Crippen LogP contribution in [-0.2, 0) is 6.42 Å². The number of aryl methyl sites for hydroxylation is 1. The molecule has 0 aromatic carbocycles. The molecule has 1 aromatic rings. The molecule has 3 heteroatoms. The highest BCUT2D eigenvalue weighted by atomic mass is 79.9. The summed E-state index contributed by atoms with van der Waals surface area (Å²) in [5.74, 6) is 0. The molecule has 0 aliphatic rings. The quantitative estimate of drug-likeness (QED) is 0.873. The molecule has 12 heavy (non-hydrogen) atoms. The molecule has 0 radical (unpaired) electrons. The molecule has 0 bridgehead atoms. The Bertz CT molecular complexity index is 238. The number of thiophene rings is 1. The van der Waals surface area contributed by atoms with E-state index in [0.29, 0.717) is 6.04 Å². The van der Waals surface area contributed by atoms with Gasteiger partial charge in [-0.15, -0.1) is 11.3 Å². The van der Waals surface area contributed by atoms with E-state index in [2.05, 4.69) is 35.8 Å². The zero-order valence-electron chi connectivity index (χ0n) is 7.43. The lowest BCUT2D eigenvalue weighted by Gasteiger charge is -2.04. The van der Waals surface area contributed by atoms with E-state index in [1.807, 2.05) is 11.3 Å². The summed E-state index contributed by atoms with van der Waals surface area (Å²) in [5.41, 5.74) is 5.86. The van der Waals surface area contributed by atoms with Gasteiger partial charge in [0.15, 0.2) is 0 Å². The number of hydrogen-bond donors (Lipinski definition) is 1. The Morgan fingerprint density at radius 3 is 2.75 bits per heavy atom. The second kappa shape index (κ2) is 4.40. The number of nitrogens with two attached hydrogens (primary N) is 1. The van der Waals surface area contributed by atoms with Gasteiger partial charge < -0.3 is 5.73 Å². The second-order valence-electron chi connectivity index (χ2n) is 2.99. The molecule has 0 spiro atoms. The minimum atomic E-state index is 0.315. The third-order valence-corrected chi connectivity index (χ3v) is 4.05. The Kier molecular flexibility index (Phi) is 3.75. The lowest BCUT2D eigenvalue weighted by atomic mass is 10.1. The topological polar surface area (TPSA) is 26.0 Å². The van der Waals surface area contributed by atoms with E-state index in [9.17, 15) is 0 Å². The lowest BCUT2D eigenvalue weighted by molar-refractivity contribution is 0.652. The van der Waals surface area contributed by atoms with E-state index in [-0.39, 0.29) is 0 Å². The Balaban J connectivity index is 2.64. The second-order valence-corrected chi connectivity index (χ2v) is 5.18. The fraction of sp³-hybridized carbons (Fsp3) is 0.556. The van der Waals surface area contributed by atoms with E-state index < -0.39 is 0 Å². The normalized spacial score (nSPS) is 13.3. The molecular formula is C9H14BrNS. The fourth-order valence-electron chi connectivity index (χ4n) is 1.02. The highest BCUT2D eigenvalue weighted by Gasteiger charge is 2.06. The van der Waals surface area contributed by atoms with Crippen molar-refractivity contribution in [2.75, 3.05) is 0 Å². The summed E-state index contributed by atoms with van der Waals surface area (Å²) < 4.78 is 1.21. The van der Waals surface area contributed by atoms with Crippen molar-refractivity contribution in [2.24, 2.45) is 5.73 Å². The lowest BCUT2D eigenvalue weighted by Crippen LogP contribution is -2.20. The Morgan fingerprint density at radius 2 is 2.33 bits per heavy atom. The molecule has 1 unspecified atom stereocenters. The predicted molar refractivity (Wildman–Crippen MR) is 58.7 cm³/mol. The Labute approximate surface area is 86.1 Å². The van der Waals surface area contributed by atoms with Gasteiger partial charge in [0.2, 0.25) is 0 Å². The monoisotopic (exact) mass is 247 g/mol. The van der Waals surface area contributed by atoms with Gasteiger partial charge in [0.25, 0.3) is 0 Å². The molecule has 0 amide bonds. The standard InChI is InChI=1S/C9H14BrNS/c1-3-7(11)4-8-5-9(10)6(2)12-8/h5,7H,3-4,11H2,1-2H3. The summed E-state index contributed by atoms with van der Waals surface area (Å²) in [5, 5.41) is 0. The van der Waals surface area contributed by atoms with Crippen LogP contribution in [0.1, 0.15) is 23.1 Å². The van der Waals surface area contributed by atoms with Gasteiger partial charge >= 0.3 is 0 Å². The number of halogens is 1. The average molecular weight is 248 g/mol. The van der Waals surface area contributed by atoms with Gasteiger partial charge in [0.05, 0.1) is 0 Å². The van der Waals surface area contributed by atoms with E-state index in [0.717, 1.165) is 12.8 Å². The first-order valence-corrected chi connectivity index (χ1v) is 5.74. The van der Waals surface area contributed by atoms with Crippen molar-refractivity contribution in [2.45, 2.75) is 32.7 Å². The summed E-state index contributed by atoms with van der Waals surface area (Å²) in [6, 6.07) is 2.49. The molecule has 1 heterocycles. The Hall–Kier alpha value is 0.140. The first kappa shape index (κ1) is 10.2. The van der Waals surface area contributed by atoms with Crippen LogP contribution in [0.15, 0.2) is 10.5 Å². The van der Waals surface area contributed by atoms with Crippen LogP contribution in [-0.4, -0.2) is 6.04 Å². The zero-order chi connectivity index (χ0) is 9.14. The van der Waals surface area contributed by atoms with Crippen LogP contribution in [0.5, 0.6) is 0 Å². The van der Waals surface area contributed by atoms with Gasteiger partial charge in [-0.3, -0.25) is 0 Å². The summed E-state index contributed by atoms with van der Waals surface area (Å²) in [6.07, 6.45) is 2.06. The molecule has 1 atom stereocenters. The van der Waals surface area contributed by atoms with Gasteiger partial charge in [0.1, 0.15) is 0 Å². The molecule has 1 rings (SSSR count). The van der Waals surface area contributed by atoms with Crippen LogP contribution in [0, 0.1) is 6.92 Å². The highest BCUT2D eigenvalue weighted by Crippen LogP contribution is 2.27. The maximum atomic E-state index is 5.86. The van der Waals surface area contributed by atoms with E-state index in [4.69, 9.17) is 5.73 Å². The zero-order valence-corrected chi connectivity index (χ0v) is 9.83. The molecule has 0 aliphatic heterocycles. The van der Waals surface area contributed by atoms with Gasteiger partial charge in [-0.25, -0.2) is 0 Å². The molecule has 1 aromatic heterocycles. The first-order chi connectivity index (χ1) is 5.63. The maximum Gasteiger partial charge on any atom is 0.0314 e. The molecule has 1 nitrogen and oxygen atoms in total. The molecule has 0 saturated carbocycles. The van der Waals surface area contributed by atoms with Gasteiger partial charge in [-0.05, 0) is 41.8 Å². The predicted octanol–water partition coefficient (Wildman–Crippen LogP) is 3.10. The molecule has 0 aliphatic carbocycles. The molecule has 0 fully saturated rings. The summed E-state index contributed by atoms with van der Waals surface area (Å²) in [4.78, 5) is 2.72. The smallest absolute Gasteiger partial charge is 0.0314 e. The van der Waals surface area contributed by atoms with Crippen LogP contribution in [0.2, 0.25) is 0 Å². The maximum absolute atomic E-state index is 5.86. The van der Waals surface area contributed by atoms with Crippen LogP contribution < -0.4 is 5.73 Å². The van der Waals surface area contributed by atoms with Crippen molar-refractivity contribution in [1.29, 1.82) is 0 Å². The largest absolute Gasteiger partial charge is 0.327 e. The fourth-order valence-corrected chi connectivity index (χ4v) is 2.72. The number of hydrogen-bond acceptors (Lipinski definition) is 2. The van der Waals surface area contributed by atoms with E-state index >= 15 is 0 Å². The van der Waals surface area contributed by atoms with Crippen molar-refractivity contribution in [3.05, 3.63) is 20.3 Å². The van der Waals surface area contributed by atoms with Crippen molar-refractivity contribution in [3.8, 4) is 0 Å². The molecule has 2 N–H and O–H groups in total. The number of rotatable bonds is 3. The summed E-state index contributed by atoms with van der Waals surface area (Å²) in [6.45, 7) is 4.25. The van der Waals surface area contributed by atoms with Crippen LogP contribution in [0.4, 0.5) is 0 Å². The average Bonchev–Trinajstić information content (AvgIpc) is 2.31. The van der Waals surface area contributed by atoms with E-state index in [1.165, 1.54) is 14.2 Å². The van der Waals surface area contributed by atoms with Gasteiger partial charge in [0, 0.05) is 20.3 Å². The third kappa shape index (κ3) is 2.57. The first-order valence-electron chi connectivity index (χ1n) is 4.14. The molecular weight excluding hydrogens is 234 g/mol. The molecule has 0 saturated heterocycles. The van der Waals surface area contributed by atoms with Crippen LogP contribution >= 0.6 is 27.3 Å². The van der Waals surface area contributed by atoms with Gasteiger partial charge in [-0.1, -0.05) is 6.92 Å². The summed E-state index contributed by atoms with van der Waals surface area (Å²) >= 11 is 5.33. The van der Waals surface area contributed by atoms with Crippen molar-refractivity contribution < 1.29 is 0 Å². The van der Waals surface area contributed by atoms with Crippen LogP contribution in [0.25, 0.3) is 0 Å². The molecule has 68 valence electrons. The minimum absolute atomic E-state index is 0.315. The van der Waals surface area contributed by atoms with Crippen molar-refractivity contribution in [3.63, 3.8) is 0 Å². The third-order valence-electron chi connectivity index (χ3n) is 1.90. The van der Waals surface area contributed by atoms with Gasteiger partial charge in [-0.2, -0.15) is 0 Å². The summed E-state index contributed by atoms with van der Waals surface area (Å²) in [7, 11) is 0. The SMILES string of the molecule is CCC(N)Cc1cc(Br)c(C)s1. The van der Waals surface area contributed by atoms with Crippen molar-refractivity contribution >= 4 is 27.3 Å². The highest BCUT2D eigenvalue weighted by molar-refractivity contribution is 9.10. The van der Waals surface area contributed by atoms with Crippen LogP contribution in [0.3, 0.4) is 0 Å². The van der Waals surface area contributed by atoms with E-state index in [1.54, 1.807) is 0 Å². The minimum Gasteiger partial charge on any atom is -0.327 e. The Morgan fingerprint density at radius 1 is 1.67 bits per heavy atom.